The van der Waals surface area contributed by atoms with Gasteiger partial charge in [0, 0.05) is 12.6 Å². The normalized spacial score (nSPS) is 45.1. The molecule has 0 unspecified atom stereocenters. The monoisotopic (exact) mass is 325 g/mol. The van der Waals surface area contributed by atoms with E-state index in [9.17, 15) is 13.2 Å². The van der Waals surface area contributed by atoms with Crippen molar-refractivity contribution in [1.82, 2.24) is 4.90 Å². The summed E-state index contributed by atoms with van der Waals surface area (Å²) in [4.78, 5) is 15.3. The highest BCUT2D eigenvalue weighted by atomic mass is 32.2. The Kier molecular flexibility index (Phi) is 3.37. The quantitative estimate of drug-likeness (QED) is 0.799. The zero-order valence-corrected chi connectivity index (χ0v) is 14.3. The van der Waals surface area contributed by atoms with Gasteiger partial charge < -0.3 is 4.90 Å². The number of rotatable bonds is 3. The molecule has 4 saturated carbocycles. The Morgan fingerprint density at radius 3 is 2.05 bits per heavy atom. The van der Waals surface area contributed by atoms with Crippen molar-refractivity contribution in [3.63, 3.8) is 0 Å². The molecular weight excluding hydrogens is 298 g/mol. The molecule has 0 radical (unpaired) electrons. The van der Waals surface area contributed by atoms with Crippen LogP contribution in [0.25, 0.3) is 0 Å². The average Bonchev–Trinajstić information content (AvgIpc) is 2.78. The molecule has 1 saturated heterocycles. The SMILES string of the molecule is CCN(C(=O)C12CC3CC(CC(C3)C1)C2)[C@H]1CCS(=O)(=O)C1. The van der Waals surface area contributed by atoms with Gasteiger partial charge in [0.05, 0.1) is 16.9 Å². The van der Waals surface area contributed by atoms with Gasteiger partial charge in [-0.25, -0.2) is 8.42 Å². The maximum atomic E-state index is 13.4. The van der Waals surface area contributed by atoms with Crippen LogP contribution < -0.4 is 0 Å². The van der Waals surface area contributed by atoms with Crippen LogP contribution in [0.1, 0.15) is 51.9 Å². The Morgan fingerprint density at radius 2 is 1.64 bits per heavy atom. The zero-order chi connectivity index (χ0) is 15.5. The van der Waals surface area contributed by atoms with Gasteiger partial charge in [-0.15, -0.1) is 0 Å². The molecule has 0 aromatic carbocycles. The molecule has 1 atom stereocenters. The van der Waals surface area contributed by atoms with E-state index in [1.807, 2.05) is 11.8 Å². The van der Waals surface area contributed by atoms with Crippen molar-refractivity contribution in [3.8, 4) is 0 Å². The van der Waals surface area contributed by atoms with E-state index in [0.717, 1.165) is 37.0 Å². The number of hydrogen-bond donors (Lipinski definition) is 0. The van der Waals surface area contributed by atoms with Gasteiger partial charge in [-0.3, -0.25) is 4.79 Å². The van der Waals surface area contributed by atoms with Gasteiger partial charge in [0.2, 0.25) is 5.91 Å². The van der Waals surface area contributed by atoms with Gasteiger partial charge >= 0.3 is 0 Å². The zero-order valence-electron chi connectivity index (χ0n) is 13.5. The molecule has 22 heavy (non-hydrogen) atoms. The summed E-state index contributed by atoms with van der Waals surface area (Å²) >= 11 is 0. The summed E-state index contributed by atoms with van der Waals surface area (Å²) < 4.78 is 23.6. The second-order valence-electron chi connectivity index (χ2n) is 8.35. The first-order chi connectivity index (χ1) is 10.4. The fourth-order valence-electron chi connectivity index (χ4n) is 6.27. The second-order valence-corrected chi connectivity index (χ2v) is 10.6. The Balaban J connectivity index is 1.57. The van der Waals surface area contributed by atoms with E-state index < -0.39 is 9.84 Å². The van der Waals surface area contributed by atoms with Crippen LogP contribution in [-0.2, 0) is 14.6 Å². The Labute approximate surface area is 133 Å². The Bertz CT molecular complexity index is 547. The third-order valence-electron chi connectivity index (χ3n) is 6.74. The number of nitrogens with zero attached hydrogens (tertiary/aromatic N) is 1. The van der Waals surface area contributed by atoms with Crippen molar-refractivity contribution >= 4 is 15.7 Å². The average molecular weight is 325 g/mol. The first-order valence-corrected chi connectivity index (χ1v) is 10.7. The standard InChI is InChI=1S/C17H27NO3S/c1-2-18(15-3-4-22(20,21)11-15)16(19)17-8-12-5-13(9-17)7-14(6-12)10-17/h12-15H,2-11H2,1H3/t12?,13?,14?,15-,17?/m0/s1. The maximum absolute atomic E-state index is 13.4. The van der Waals surface area contributed by atoms with E-state index in [-0.39, 0.29) is 28.9 Å². The van der Waals surface area contributed by atoms with Crippen molar-refractivity contribution in [2.24, 2.45) is 23.2 Å². The summed E-state index contributed by atoms with van der Waals surface area (Å²) in [6.45, 7) is 2.66. The minimum Gasteiger partial charge on any atom is -0.338 e. The van der Waals surface area contributed by atoms with Crippen LogP contribution in [0.4, 0.5) is 0 Å². The highest BCUT2D eigenvalue weighted by Crippen LogP contribution is 2.60. The topological polar surface area (TPSA) is 54.5 Å². The molecule has 0 aromatic rings. The van der Waals surface area contributed by atoms with Gasteiger partial charge in [0.15, 0.2) is 9.84 Å². The van der Waals surface area contributed by atoms with Gasteiger partial charge in [0.1, 0.15) is 0 Å². The highest BCUT2D eigenvalue weighted by Gasteiger charge is 2.56. The molecule has 5 fully saturated rings. The molecule has 1 amide bonds. The number of carbonyl (C=O) groups excluding carboxylic acids is 1. The Morgan fingerprint density at radius 1 is 1.09 bits per heavy atom. The van der Waals surface area contributed by atoms with E-state index in [2.05, 4.69) is 0 Å². The molecule has 5 heteroatoms. The van der Waals surface area contributed by atoms with Crippen molar-refractivity contribution in [2.75, 3.05) is 18.1 Å². The van der Waals surface area contributed by atoms with Crippen LogP contribution >= 0.6 is 0 Å². The molecule has 0 aromatic heterocycles. The fourth-order valence-corrected chi connectivity index (χ4v) is 8.00. The molecule has 5 aliphatic rings. The summed E-state index contributed by atoms with van der Waals surface area (Å²) in [5, 5.41) is 0. The minimum atomic E-state index is -2.93. The van der Waals surface area contributed by atoms with Crippen molar-refractivity contribution in [2.45, 2.75) is 57.9 Å². The predicted molar refractivity (Wildman–Crippen MR) is 85.1 cm³/mol. The Hall–Kier alpha value is -0.580. The van der Waals surface area contributed by atoms with Crippen LogP contribution in [0.15, 0.2) is 0 Å². The number of hydrogen-bond acceptors (Lipinski definition) is 3. The fraction of sp³-hybridized carbons (Fsp3) is 0.941. The molecule has 5 rings (SSSR count). The summed E-state index contributed by atoms with van der Waals surface area (Å²) in [5.74, 6) is 2.97. The summed E-state index contributed by atoms with van der Waals surface area (Å²) in [5.41, 5.74) is -0.142. The number of carbonyl (C=O) groups is 1. The molecule has 1 aliphatic heterocycles. The predicted octanol–water partition coefficient (Wildman–Crippen LogP) is 2.24. The van der Waals surface area contributed by atoms with Gasteiger partial charge in [-0.1, -0.05) is 0 Å². The molecule has 4 aliphatic carbocycles. The highest BCUT2D eigenvalue weighted by molar-refractivity contribution is 7.91. The van der Waals surface area contributed by atoms with Crippen LogP contribution in [0.2, 0.25) is 0 Å². The van der Waals surface area contributed by atoms with E-state index in [1.165, 1.54) is 19.3 Å². The number of amides is 1. The summed E-state index contributed by atoms with van der Waals surface area (Å²) in [6, 6.07) is -0.0736. The molecule has 4 bridgehead atoms. The lowest BCUT2D eigenvalue weighted by Crippen LogP contribution is -2.56. The molecule has 1 heterocycles. The lowest BCUT2D eigenvalue weighted by Gasteiger charge is -2.57. The summed E-state index contributed by atoms with van der Waals surface area (Å²) in [7, 11) is -2.93. The molecular formula is C17H27NO3S. The van der Waals surface area contributed by atoms with Gasteiger partial charge in [-0.2, -0.15) is 0 Å². The van der Waals surface area contributed by atoms with E-state index in [0.29, 0.717) is 13.0 Å². The smallest absolute Gasteiger partial charge is 0.229 e. The molecule has 4 nitrogen and oxygen atoms in total. The first-order valence-electron chi connectivity index (χ1n) is 8.92. The lowest BCUT2D eigenvalue weighted by atomic mass is 9.49. The van der Waals surface area contributed by atoms with Crippen molar-refractivity contribution in [3.05, 3.63) is 0 Å². The number of sulfone groups is 1. The third-order valence-corrected chi connectivity index (χ3v) is 8.49. The van der Waals surface area contributed by atoms with Crippen LogP contribution in [0.5, 0.6) is 0 Å². The third kappa shape index (κ3) is 2.31. The molecule has 124 valence electrons. The molecule has 0 spiro atoms. The van der Waals surface area contributed by atoms with Crippen LogP contribution in [-0.4, -0.2) is 43.3 Å². The molecule has 0 N–H and O–H groups in total. The van der Waals surface area contributed by atoms with Gasteiger partial charge in [0.25, 0.3) is 0 Å². The minimum absolute atomic E-state index is 0.0736. The summed E-state index contributed by atoms with van der Waals surface area (Å²) in [6.07, 6.45) is 7.81. The van der Waals surface area contributed by atoms with Crippen LogP contribution in [0.3, 0.4) is 0 Å². The van der Waals surface area contributed by atoms with Gasteiger partial charge in [-0.05, 0) is 69.6 Å². The van der Waals surface area contributed by atoms with Crippen molar-refractivity contribution in [1.29, 1.82) is 0 Å². The first kappa shape index (κ1) is 15.0. The van der Waals surface area contributed by atoms with E-state index in [1.54, 1.807) is 0 Å². The second kappa shape index (κ2) is 4.96. The largest absolute Gasteiger partial charge is 0.338 e. The lowest BCUT2D eigenvalue weighted by molar-refractivity contribution is -0.159. The maximum Gasteiger partial charge on any atom is 0.229 e. The van der Waals surface area contributed by atoms with Crippen molar-refractivity contribution < 1.29 is 13.2 Å². The van der Waals surface area contributed by atoms with E-state index >= 15 is 0 Å². The van der Waals surface area contributed by atoms with Crippen LogP contribution in [0, 0.1) is 23.2 Å². The van der Waals surface area contributed by atoms with E-state index in [4.69, 9.17) is 0 Å².